The number of carbonyl (C=O) groups is 1. The number of carbonyl (C=O) groups excluding carboxylic acids is 1. The summed E-state index contributed by atoms with van der Waals surface area (Å²) in [6.45, 7) is 4.81. The number of piperidine rings is 1. The fourth-order valence-electron chi connectivity index (χ4n) is 4.84. The minimum atomic E-state index is 0.0919. The summed E-state index contributed by atoms with van der Waals surface area (Å²) in [5.74, 6) is 1.22. The largest absolute Gasteiger partial charge is 0.492 e. The van der Waals surface area contributed by atoms with E-state index in [0.29, 0.717) is 18.1 Å². The highest BCUT2D eigenvalue weighted by Crippen LogP contribution is 2.27. The van der Waals surface area contributed by atoms with Gasteiger partial charge >= 0.3 is 0 Å². The normalized spacial score (nSPS) is 23.2. The average Bonchev–Trinajstić information content (AvgIpc) is 2.82. The Balaban J connectivity index is 1.50. The Labute approximate surface area is 196 Å². The lowest BCUT2D eigenvalue weighted by Crippen LogP contribution is -2.46. The molecule has 5 nitrogen and oxygen atoms in total. The maximum Gasteiger partial charge on any atom is 0.254 e. The average molecular weight is 457 g/mol. The maximum absolute atomic E-state index is 13.1. The summed E-state index contributed by atoms with van der Waals surface area (Å²) >= 11 is 6.05. The van der Waals surface area contributed by atoms with Crippen molar-refractivity contribution >= 4 is 17.5 Å². The van der Waals surface area contributed by atoms with Gasteiger partial charge in [-0.1, -0.05) is 36.2 Å². The standard InChI is InChI=1S/C26H33ClN2O3/c1-31-25-12-14-29-19-22(25)5-2-3-13-28(18-20-8-10-23(27)11-9-20)15-16-32-24-7-4-6-21(17-24)26(29)30/h4,6-11,17,22,25H,2-3,5,12-16,18-19H2,1H3/t22-,25+/m1/s1. The third-order valence-electron chi connectivity index (χ3n) is 6.63. The number of halogens is 1. The summed E-state index contributed by atoms with van der Waals surface area (Å²) in [5, 5.41) is 0.762. The zero-order valence-corrected chi connectivity index (χ0v) is 19.6. The summed E-state index contributed by atoms with van der Waals surface area (Å²) in [6.07, 6.45) is 4.44. The van der Waals surface area contributed by atoms with Crippen LogP contribution >= 0.6 is 11.6 Å². The molecule has 0 N–H and O–H groups in total. The van der Waals surface area contributed by atoms with Crippen molar-refractivity contribution < 1.29 is 14.3 Å². The lowest BCUT2D eigenvalue weighted by molar-refractivity contribution is -0.00676. The van der Waals surface area contributed by atoms with Crippen LogP contribution in [0, 0.1) is 5.92 Å². The SMILES string of the molecule is CO[C@H]1CCN2C[C@H]1CCCCN(Cc1ccc(Cl)cc1)CCOc1cccc(c1)C2=O. The lowest BCUT2D eigenvalue weighted by Gasteiger charge is -2.38. The predicted octanol–water partition coefficient (Wildman–Crippen LogP) is 4.88. The first-order valence-corrected chi connectivity index (χ1v) is 12.0. The summed E-state index contributed by atoms with van der Waals surface area (Å²) < 4.78 is 11.8. The first-order valence-electron chi connectivity index (χ1n) is 11.6. The highest BCUT2D eigenvalue weighted by atomic mass is 35.5. The fourth-order valence-corrected chi connectivity index (χ4v) is 4.96. The van der Waals surface area contributed by atoms with Gasteiger partial charge in [-0.2, -0.15) is 0 Å². The molecule has 172 valence electrons. The summed E-state index contributed by atoms with van der Waals surface area (Å²) in [5.41, 5.74) is 1.95. The van der Waals surface area contributed by atoms with E-state index in [2.05, 4.69) is 17.0 Å². The number of ether oxygens (including phenoxy) is 2. The van der Waals surface area contributed by atoms with Crippen LogP contribution in [-0.4, -0.2) is 61.7 Å². The van der Waals surface area contributed by atoms with Gasteiger partial charge in [0.05, 0.1) is 6.10 Å². The number of benzene rings is 2. The second kappa shape index (κ2) is 11.2. The minimum absolute atomic E-state index is 0.0919. The van der Waals surface area contributed by atoms with Crippen LogP contribution in [0.2, 0.25) is 5.02 Å². The zero-order chi connectivity index (χ0) is 22.3. The second-order valence-corrected chi connectivity index (χ2v) is 9.29. The van der Waals surface area contributed by atoms with Crippen molar-refractivity contribution in [3.05, 3.63) is 64.7 Å². The lowest BCUT2D eigenvalue weighted by atomic mass is 9.89. The van der Waals surface area contributed by atoms with Gasteiger partial charge in [0, 0.05) is 49.8 Å². The van der Waals surface area contributed by atoms with E-state index in [1.54, 1.807) is 7.11 Å². The van der Waals surface area contributed by atoms with Gasteiger partial charge in [-0.25, -0.2) is 0 Å². The van der Waals surface area contributed by atoms with Crippen LogP contribution < -0.4 is 4.74 Å². The smallest absolute Gasteiger partial charge is 0.254 e. The monoisotopic (exact) mass is 456 g/mol. The van der Waals surface area contributed by atoms with Gasteiger partial charge in [-0.15, -0.1) is 0 Å². The van der Waals surface area contributed by atoms with Crippen LogP contribution in [0.25, 0.3) is 0 Å². The highest BCUT2D eigenvalue weighted by Gasteiger charge is 2.31. The van der Waals surface area contributed by atoms with Crippen molar-refractivity contribution in [2.45, 2.75) is 38.3 Å². The third-order valence-corrected chi connectivity index (χ3v) is 6.88. The molecule has 2 heterocycles. The first kappa shape index (κ1) is 23.1. The molecule has 2 atom stereocenters. The molecule has 0 unspecified atom stereocenters. The molecule has 1 amide bonds. The number of fused-ring (bicyclic) bond motifs is 4. The molecule has 6 heteroatoms. The van der Waals surface area contributed by atoms with Gasteiger partial charge < -0.3 is 14.4 Å². The Morgan fingerprint density at radius 3 is 2.72 bits per heavy atom. The molecule has 32 heavy (non-hydrogen) atoms. The summed E-state index contributed by atoms with van der Waals surface area (Å²) in [4.78, 5) is 17.6. The van der Waals surface area contributed by atoms with Crippen molar-refractivity contribution in [3.8, 4) is 5.75 Å². The van der Waals surface area contributed by atoms with Crippen LogP contribution in [0.4, 0.5) is 0 Å². The highest BCUT2D eigenvalue weighted by molar-refractivity contribution is 6.30. The van der Waals surface area contributed by atoms with Crippen LogP contribution in [0.3, 0.4) is 0 Å². The number of nitrogens with zero attached hydrogens (tertiary/aromatic N) is 2. The summed E-state index contributed by atoms with van der Waals surface area (Å²) in [6, 6.07) is 15.7. The van der Waals surface area contributed by atoms with E-state index in [1.165, 1.54) is 5.56 Å². The molecule has 2 aliphatic rings. The molecule has 0 aliphatic carbocycles. The van der Waals surface area contributed by atoms with Gasteiger partial charge in [0.2, 0.25) is 0 Å². The Hall–Kier alpha value is -2.08. The Kier molecular flexibility index (Phi) is 8.06. The van der Waals surface area contributed by atoms with E-state index in [9.17, 15) is 4.79 Å². The van der Waals surface area contributed by atoms with Crippen molar-refractivity contribution in [2.75, 3.05) is 39.9 Å². The summed E-state index contributed by atoms with van der Waals surface area (Å²) in [7, 11) is 1.80. The molecule has 2 aromatic carbocycles. The molecule has 4 rings (SSSR count). The molecule has 0 saturated carbocycles. The van der Waals surface area contributed by atoms with Crippen LogP contribution in [0.15, 0.2) is 48.5 Å². The molecule has 0 aromatic heterocycles. The van der Waals surface area contributed by atoms with E-state index in [1.807, 2.05) is 41.3 Å². The van der Waals surface area contributed by atoms with Gasteiger partial charge in [-0.05, 0) is 61.7 Å². The van der Waals surface area contributed by atoms with E-state index in [-0.39, 0.29) is 12.0 Å². The Morgan fingerprint density at radius 1 is 1.06 bits per heavy atom. The molecule has 1 saturated heterocycles. The van der Waals surface area contributed by atoms with Gasteiger partial charge in [0.15, 0.2) is 0 Å². The van der Waals surface area contributed by atoms with E-state index in [4.69, 9.17) is 21.1 Å². The van der Waals surface area contributed by atoms with Crippen LogP contribution in [0.1, 0.15) is 41.6 Å². The number of methoxy groups -OCH3 is 1. The van der Waals surface area contributed by atoms with E-state index >= 15 is 0 Å². The molecule has 2 aromatic rings. The molecule has 0 radical (unpaired) electrons. The van der Waals surface area contributed by atoms with Crippen LogP contribution in [-0.2, 0) is 11.3 Å². The topological polar surface area (TPSA) is 42.0 Å². The number of amides is 1. The maximum atomic E-state index is 13.1. The number of hydrogen-bond donors (Lipinski definition) is 0. The first-order chi connectivity index (χ1) is 15.6. The van der Waals surface area contributed by atoms with Crippen molar-refractivity contribution in [1.82, 2.24) is 9.80 Å². The molecule has 0 spiro atoms. The van der Waals surface area contributed by atoms with Crippen molar-refractivity contribution in [1.29, 1.82) is 0 Å². The van der Waals surface area contributed by atoms with Crippen molar-refractivity contribution in [3.63, 3.8) is 0 Å². The number of hydrogen-bond acceptors (Lipinski definition) is 4. The van der Waals surface area contributed by atoms with Crippen LogP contribution in [0.5, 0.6) is 5.75 Å². The molecule has 1 fully saturated rings. The third kappa shape index (κ3) is 6.03. The van der Waals surface area contributed by atoms with Gasteiger partial charge in [0.25, 0.3) is 5.91 Å². The zero-order valence-electron chi connectivity index (χ0n) is 18.8. The van der Waals surface area contributed by atoms with Crippen molar-refractivity contribution in [2.24, 2.45) is 5.92 Å². The molecular weight excluding hydrogens is 424 g/mol. The Bertz CT molecular complexity index is 889. The molecule has 4 bridgehead atoms. The Morgan fingerprint density at radius 2 is 1.91 bits per heavy atom. The van der Waals surface area contributed by atoms with E-state index < -0.39 is 0 Å². The quantitative estimate of drug-likeness (QED) is 0.660. The van der Waals surface area contributed by atoms with Gasteiger partial charge in [0.1, 0.15) is 12.4 Å². The molecule has 2 aliphatic heterocycles. The van der Waals surface area contributed by atoms with E-state index in [0.717, 1.165) is 69.2 Å². The molecular formula is C26H33ClN2O3. The van der Waals surface area contributed by atoms with Gasteiger partial charge in [-0.3, -0.25) is 9.69 Å². The second-order valence-electron chi connectivity index (χ2n) is 8.85. The number of rotatable bonds is 3. The fraction of sp³-hybridized carbons (Fsp3) is 0.500. The predicted molar refractivity (Wildman–Crippen MR) is 127 cm³/mol. The minimum Gasteiger partial charge on any atom is -0.492 e.